The van der Waals surface area contributed by atoms with E-state index in [0.29, 0.717) is 32.0 Å². The van der Waals surface area contributed by atoms with Gasteiger partial charge in [0.05, 0.1) is 30.2 Å². The summed E-state index contributed by atoms with van der Waals surface area (Å²) in [5.74, 6) is -0.951. The van der Waals surface area contributed by atoms with Gasteiger partial charge in [0.2, 0.25) is 5.91 Å². The molecule has 1 aromatic carbocycles. The lowest BCUT2D eigenvalue weighted by atomic mass is 10.1. The molecular weight excluding hydrogens is 353 g/mol. The van der Waals surface area contributed by atoms with Gasteiger partial charge < -0.3 is 15.0 Å². The smallest absolute Gasteiger partial charge is 0.378 e. The molecule has 26 heavy (non-hydrogen) atoms. The van der Waals surface area contributed by atoms with Gasteiger partial charge in [0, 0.05) is 25.9 Å². The van der Waals surface area contributed by atoms with Gasteiger partial charge in [-0.2, -0.15) is 18.3 Å². The van der Waals surface area contributed by atoms with Crippen LogP contribution in [0.3, 0.4) is 0 Å². The standard InChI is InChI=1S/C16H17F3N4O3/c17-16(18,19)10-1-3-13(23-5-7-26-8-6-23)12(9-10)20-15(25)11-2-4-14(24)22-21-11/h1,3,9H,2,4-8H2,(H,20,25)(H,22,24). The lowest BCUT2D eigenvalue weighted by Crippen LogP contribution is -2.37. The Bertz CT molecular complexity index is 743. The number of ether oxygens (including phenoxy) is 1. The molecular formula is C16H17F3N4O3. The van der Waals surface area contributed by atoms with E-state index in [9.17, 15) is 22.8 Å². The third-order valence-electron chi connectivity index (χ3n) is 4.09. The number of alkyl halides is 3. The van der Waals surface area contributed by atoms with Crippen molar-refractivity contribution in [2.75, 3.05) is 36.5 Å². The average Bonchev–Trinajstić information content (AvgIpc) is 2.62. The number of morpholine rings is 1. The molecule has 2 aliphatic rings. The molecule has 0 aromatic heterocycles. The first-order valence-electron chi connectivity index (χ1n) is 8.05. The molecule has 1 aromatic rings. The van der Waals surface area contributed by atoms with Crippen LogP contribution >= 0.6 is 0 Å². The molecule has 0 saturated carbocycles. The number of hydrogen-bond acceptors (Lipinski definition) is 5. The van der Waals surface area contributed by atoms with E-state index in [2.05, 4.69) is 15.8 Å². The first-order chi connectivity index (χ1) is 12.3. The van der Waals surface area contributed by atoms with Crippen LogP contribution in [0.5, 0.6) is 0 Å². The zero-order chi connectivity index (χ0) is 18.7. The van der Waals surface area contributed by atoms with Crippen LogP contribution < -0.4 is 15.6 Å². The van der Waals surface area contributed by atoms with Gasteiger partial charge in [-0.25, -0.2) is 5.43 Å². The van der Waals surface area contributed by atoms with Gasteiger partial charge in [-0.15, -0.1) is 0 Å². The Morgan fingerprint density at radius 3 is 2.58 bits per heavy atom. The Morgan fingerprint density at radius 1 is 1.23 bits per heavy atom. The van der Waals surface area contributed by atoms with Crippen LogP contribution in [-0.2, 0) is 20.5 Å². The fraction of sp³-hybridized carbons (Fsp3) is 0.438. The third kappa shape index (κ3) is 4.13. The maximum absolute atomic E-state index is 13.1. The van der Waals surface area contributed by atoms with E-state index in [0.717, 1.165) is 12.1 Å². The average molecular weight is 370 g/mol. The predicted molar refractivity (Wildman–Crippen MR) is 87.9 cm³/mol. The molecule has 2 amide bonds. The monoisotopic (exact) mass is 370 g/mol. The van der Waals surface area contributed by atoms with Crippen LogP contribution in [-0.4, -0.2) is 43.8 Å². The van der Waals surface area contributed by atoms with E-state index in [4.69, 9.17) is 4.74 Å². The molecule has 2 N–H and O–H groups in total. The summed E-state index contributed by atoms with van der Waals surface area (Å²) in [5, 5.41) is 6.17. The van der Waals surface area contributed by atoms with Crippen molar-refractivity contribution in [2.45, 2.75) is 19.0 Å². The molecule has 140 valence electrons. The zero-order valence-corrected chi connectivity index (χ0v) is 13.7. The van der Waals surface area contributed by atoms with Gasteiger partial charge >= 0.3 is 6.18 Å². The number of carbonyl (C=O) groups is 2. The van der Waals surface area contributed by atoms with Crippen molar-refractivity contribution in [1.82, 2.24) is 5.43 Å². The highest BCUT2D eigenvalue weighted by Gasteiger charge is 2.32. The maximum Gasteiger partial charge on any atom is 0.416 e. The number of nitrogens with one attached hydrogen (secondary N) is 2. The minimum absolute atomic E-state index is 0.0475. The van der Waals surface area contributed by atoms with Crippen LogP contribution in [0, 0.1) is 0 Å². The number of nitrogens with zero attached hydrogens (tertiary/aromatic N) is 2. The second-order valence-electron chi connectivity index (χ2n) is 5.88. The maximum atomic E-state index is 13.1. The summed E-state index contributed by atoms with van der Waals surface area (Å²) < 4.78 is 44.4. The van der Waals surface area contributed by atoms with E-state index in [1.807, 2.05) is 4.90 Å². The zero-order valence-electron chi connectivity index (χ0n) is 13.7. The number of carbonyl (C=O) groups excluding carboxylic acids is 2. The van der Waals surface area contributed by atoms with E-state index in [-0.39, 0.29) is 30.1 Å². The minimum atomic E-state index is -4.53. The van der Waals surface area contributed by atoms with Crippen molar-refractivity contribution in [2.24, 2.45) is 5.10 Å². The summed E-state index contributed by atoms with van der Waals surface area (Å²) in [5.41, 5.74) is 1.93. The van der Waals surface area contributed by atoms with Crippen LogP contribution in [0.15, 0.2) is 23.3 Å². The summed E-state index contributed by atoms with van der Waals surface area (Å²) >= 11 is 0. The fourth-order valence-electron chi connectivity index (χ4n) is 2.72. The topological polar surface area (TPSA) is 83.0 Å². The Labute approximate surface area is 147 Å². The van der Waals surface area contributed by atoms with Crippen molar-refractivity contribution in [3.63, 3.8) is 0 Å². The number of hydrazone groups is 1. The Kier molecular flexibility index (Phi) is 5.12. The molecule has 0 spiro atoms. The van der Waals surface area contributed by atoms with Gasteiger partial charge in [0.15, 0.2) is 0 Å². The molecule has 0 bridgehead atoms. The highest BCUT2D eigenvalue weighted by atomic mass is 19.4. The molecule has 1 fully saturated rings. The highest BCUT2D eigenvalue weighted by Crippen LogP contribution is 2.35. The number of halogens is 3. The lowest BCUT2D eigenvalue weighted by Gasteiger charge is -2.31. The SMILES string of the molecule is O=C1CCC(C(=O)Nc2cc(C(F)(F)F)ccc2N2CCOCC2)=NN1. The van der Waals surface area contributed by atoms with Gasteiger partial charge in [0.25, 0.3) is 5.91 Å². The quantitative estimate of drug-likeness (QED) is 0.849. The van der Waals surface area contributed by atoms with Crippen molar-refractivity contribution in [3.05, 3.63) is 23.8 Å². The van der Waals surface area contributed by atoms with E-state index >= 15 is 0 Å². The number of benzene rings is 1. The summed E-state index contributed by atoms with van der Waals surface area (Å²) in [6.07, 6.45) is -4.30. The lowest BCUT2D eigenvalue weighted by molar-refractivity contribution is -0.137. The predicted octanol–water partition coefficient (Wildman–Crippen LogP) is 1.75. The number of hydrogen-bond donors (Lipinski definition) is 2. The molecule has 2 heterocycles. The Balaban J connectivity index is 1.88. The second kappa shape index (κ2) is 7.32. The molecule has 7 nitrogen and oxygen atoms in total. The molecule has 0 atom stereocenters. The fourth-order valence-corrected chi connectivity index (χ4v) is 2.72. The largest absolute Gasteiger partial charge is 0.416 e. The summed E-state index contributed by atoms with van der Waals surface area (Å²) in [6, 6.07) is 3.23. The Morgan fingerprint density at radius 2 is 1.96 bits per heavy atom. The van der Waals surface area contributed by atoms with Gasteiger partial charge in [-0.1, -0.05) is 0 Å². The van der Waals surface area contributed by atoms with Crippen molar-refractivity contribution in [3.8, 4) is 0 Å². The van der Waals surface area contributed by atoms with Crippen LogP contribution in [0.1, 0.15) is 18.4 Å². The molecule has 10 heteroatoms. The molecule has 0 aliphatic carbocycles. The Hall–Kier alpha value is -2.62. The number of anilines is 2. The van der Waals surface area contributed by atoms with Crippen molar-refractivity contribution in [1.29, 1.82) is 0 Å². The summed E-state index contributed by atoms with van der Waals surface area (Å²) in [4.78, 5) is 25.3. The van der Waals surface area contributed by atoms with Gasteiger partial charge in [0.1, 0.15) is 5.71 Å². The molecule has 2 aliphatic heterocycles. The van der Waals surface area contributed by atoms with E-state index in [1.54, 1.807) is 0 Å². The van der Waals surface area contributed by atoms with Crippen molar-refractivity contribution >= 4 is 28.9 Å². The first kappa shape index (κ1) is 18.2. The molecule has 1 saturated heterocycles. The summed E-state index contributed by atoms with van der Waals surface area (Å²) in [7, 11) is 0. The normalized spacial score (nSPS) is 18.2. The van der Waals surface area contributed by atoms with Crippen LogP contribution in [0.25, 0.3) is 0 Å². The molecule has 0 unspecified atom stereocenters. The van der Waals surface area contributed by atoms with E-state index in [1.165, 1.54) is 6.07 Å². The second-order valence-corrected chi connectivity index (χ2v) is 5.88. The number of rotatable bonds is 3. The van der Waals surface area contributed by atoms with Gasteiger partial charge in [-0.05, 0) is 18.2 Å². The van der Waals surface area contributed by atoms with Crippen LogP contribution in [0.4, 0.5) is 24.5 Å². The molecule has 0 radical (unpaired) electrons. The van der Waals surface area contributed by atoms with Crippen LogP contribution in [0.2, 0.25) is 0 Å². The first-order valence-corrected chi connectivity index (χ1v) is 8.05. The third-order valence-corrected chi connectivity index (χ3v) is 4.09. The summed E-state index contributed by atoms with van der Waals surface area (Å²) in [6.45, 7) is 1.91. The highest BCUT2D eigenvalue weighted by molar-refractivity contribution is 6.43. The molecule has 3 rings (SSSR count). The van der Waals surface area contributed by atoms with Gasteiger partial charge in [-0.3, -0.25) is 9.59 Å². The number of amides is 2. The van der Waals surface area contributed by atoms with E-state index < -0.39 is 17.6 Å². The van der Waals surface area contributed by atoms with Crippen molar-refractivity contribution < 1.29 is 27.5 Å². The minimum Gasteiger partial charge on any atom is -0.378 e.